The Hall–Kier alpha value is -11.9. The van der Waals surface area contributed by atoms with Crippen molar-refractivity contribution in [3.05, 3.63) is 204 Å². The van der Waals surface area contributed by atoms with Crippen molar-refractivity contribution in [2.75, 3.05) is 6.61 Å². The molecule has 0 bridgehead atoms. The summed E-state index contributed by atoms with van der Waals surface area (Å²) in [5, 5.41) is 40.9. The molecule has 4 N–H and O–H groups in total. The number of ether oxygens (including phenoxy) is 4. The fourth-order valence-corrected chi connectivity index (χ4v) is 8.94. The zero-order chi connectivity index (χ0) is 67.8. The number of benzene rings is 5. The zero-order valence-corrected chi connectivity index (χ0v) is 52.3. The van der Waals surface area contributed by atoms with Gasteiger partial charge in [0.25, 0.3) is 5.91 Å². The van der Waals surface area contributed by atoms with Crippen LogP contribution >= 0.6 is 0 Å². The first-order valence-electron chi connectivity index (χ1n) is 28.9. The van der Waals surface area contributed by atoms with Gasteiger partial charge >= 0.3 is 12.1 Å². The maximum atomic E-state index is 14.5. The Morgan fingerprint density at radius 2 is 0.936 bits per heavy atom. The van der Waals surface area contributed by atoms with Gasteiger partial charge in [-0.05, 0) is 193 Å². The molecule has 1 aliphatic rings. The van der Waals surface area contributed by atoms with Gasteiger partial charge in [0.05, 0.1) is 13.2 Å². The molecule has 1 fully saturated rings. The Kier molecular flexibility index (Phi) is 27.3. The van der Waals surface area contributed by atoms with Crippen molar-refractivity contribution in [2.24, 2.45) is 0 Å². The number of Topliss-reactive ketones (excluding diaryl/α,β-unsaturated/α-hetero) is 1. The molecule has 0 spiro atoms. The van der Waals surface area contributed by atoms with Gasteiger partial charge in [-0.2, -0.15) is 0 Å². The normalized spacial score (nSPS) is 13.6. The highest BCUT2D eigenvalue weighted by atomic mass is 16.6. The van der Waals surface area contributed by atoms with Crippen molar-refractivity contribution in [1.29, 1.82) is 0 Å². The number of imide groups is 1. The van der Waals surface area contributed by atoms with Gasteiger partial charge in [-0.15, -0.1) is 6.42 Å². The van der Waals surface area contributed by atoms with Crippen LogP contribution < -0.4 is 0 Å². The second kappa shape index (κ2) is 36.1. The first kappa shape index (κ1) is 71.2. The second-order valence-electron chi connectivity index (χ2n) is 20.8. The minimum absolute atomic E-state index is 0.00510. The molecule has 1 aliphatic heterocycles. The Bertz CT molecular complexity index is 4430. The summed E-state index contributed by atoms with van der Waals surface area (Å²) in [6.07, 6.45) is 0.970. The number of aliphatic hydroxyl groups is 4. The van der Waals surface area contributed by atoms with E-state index in [4.69, 9.17) is 39.3 Å². The highest BCUT2D eigenvalue weighted by Crippen LogP contribution is 2.45. The summed E-state index contributed by atoms with van der Waals surface area (Å²) >= 11 is 0. The van der Waals surface area contributed by atoms with Crippen LogP contribution in [0.25, 0.3) is 22.3 Å². The molecule has 0 aliphatic carbocycles. The third-order valence-corrected chi connectivity index (χ3v) is 13.8. The number of carbonyl (C=O) groups is 4. The molecule has 1 saturated heterocycles. The van der Waals surface area contributed by atoms with E-state index in [1.54, 1.807) is 20.8 Å². The second-order valence-corrected chi connectivity index (χ2v) is 20.8. The van der Waals surface area contributed by atoms with Crippen molar-refractivity contribution >= 4 is 23.8 Å². The number of furan rings is 2. The van der Waals surface area contributed by atoms with E-state index in [-0.39, 0.29) is 49.5 Å². The number of hydrogen-bond donors (Lipinski definition) is 4. The predicted octanol–water partition coefficient (Wildman–Crippen LogP) is 10.2. The minimum Gasteiger partial charge on any atom is -0.461 e. The number of cyclic esters (lactones) is 1. The molecule has 5 aromatic carbocycles. The third-order valence-electron chi connectivity index (χ3n) is 13.8. The Labute approximate surface area is 547 Å². The van der Waals surface area contributed by atoms with Crippen molar-refractivity contribution in [2.45, 2.75) is 103 Å². The first-order chi connectivity index (χ1) is 45.4. The Morgan fingerprint density at radius 1 is 0.543 bits per heavy atom. The molecule has 468 valence electrons. The number of carbonyl (C=O) groups excluding carboxylic acids is 4. The molecule has 8 rings (SSSR count). The van der Waals surface area contributed by atoms with Gasteiger partial charge in [0, 0.05) is 18.8 Å². The van der Waals surface area contributed by atoms with Crippen LogP contribution in [0, 0.1) is 119 Å². The van der Waals surface area contributed by atoms with E-state index >= 15 is 0 Å². The van der Waals surface area contributed by atoms with Crippen LogP contribution in [0.5, 0.6) is 0 Å². The summed E-state index contributed by atoms with van der Waals surface area (Å²) in [4.78, 5) is 52.4. The molecular weight excluding hydrogens is 1190 g/mol. The van der Waals surface area contributed by atoms with E-state index in [9.17, 15) is 34.5 Å². The van der Waals surface area contributed by atoms with Crippen LogP contribution in [0.1, 0.15) is 99.5 Å². The lowest BCUT2D eigenvalue weighted by atomic mass is 9.88. The smallest absolute Gasteiger partial charge is 0.417 e. The van der Waals surface area contributed by atoms with Gasteiger partial charge in [-0.3, -0.25) is 14.4 Å². The van der Waals surface area contributed by atoms with E-state index in [1.165, 1.54) is 45.0 Å². The van der Waals surface area contributed by atoms with E-state index in [0.717, 1.165) is 38.3 Å². The summed E-state index contributed by atoms with van der Waals surface area (Å²) in [6, 6.07) is 49.4. The minimum atomic E-state index is -2.00. The van der Waals surface area contributed by atoms with Crippen molar-refractivity contribution in [3.63, 3.8) is 0 Å². The monoisotopic (exact) mass is 1250 g/mol. The van der Waals surface area contributed by atoms with Gasteiger partial charge in [0.1, 0.15) is 66.7 Å². The maximum absolute atomic E-state index is 14.5. The molecule has 3 heterocycles. The highest BCUT2D eigenvalue weighted by Gasteiger charge is 2.58. The number of rotatable bonds is 19. The van der Waals surface area contributed by atoms with Gasteiger partial charge in [-0.25, -0.2) is 9.69 Å². The number of amides is 2. The van der Waals surface area contributed by atoms with Crippen LogP contribution in [-0.4, -0.2) is 72.5 Å². The summed E-state index contributed by atoms with van der Waals surface area (Å²) < 4.78 is 33.8. The SMILES string of the molecule is C#CC#CC#CC#CC#CC#CC#CC#CC#CC#CC.CC(=O)OCc1ccc([C@H](O)[C@](C)(OCc2ccc(-c3ccccc3)cc2)C(=O)N2C(=O)OC(C)(C)[C@@H]2c2ccccc2)o1.C[C@@](OCc1ccc(-c2ccccc2)cc1)(C(=O)CO)[C@@H](O)c1ccc(CO)o1. The number of hydrogen-bond acceptors (Lipinski definition) is 14. The number of ketones is 1. The van der Waals surface area contributed by atoms with Gasteiger partial charge in [-0.1, -0.05) is 145 Å². The fourth-order valence-electron chi connectivity index (χ4n) is 8.94. The average molecular weight is 1250 g/mol. The predicted molar refractivity (Wildman–Crippen MR) is 352 cm³/mol. The van der Waals surface area contributed by atoms with Gasteiger partial charge in [0.2, 0.25) is 0 Å². The quantitative estimate of drug-likeness (QED) is 0.0438. The highest BCUT2D eigenvalue weighted by molar-refractivity contribution is 5.99. The van der Waals surface area contributed by atoms with E-state index in [0.29, 0.717) is 5.56 Å². The topological polar surface area (TPSA) is 216 Å². The van der Waals surface area contributed by atoms with Crippen LogP contribution in [0.4, 0.5) is 4.79 Å². The summed E-state index contributed by atoms with van der Waals surface area (Å²) in [7, 11) is 0. The summed E-state index contributed by atoms with van der Waals surface area (Å²) in [5.41, 5.74) is 1.68. The lowest BCUT2D eigenvalue weighted by Crippen LogP contribution is -2.54. The molecule has 2 aromatic heterocycles. The number of aliphatic hydroxyl groups excluding tert-OH is 4. The lowest BCUT2D eigenvalue weighted by molar-refractivity contribution is -0.177. The molecule has 0 radical (unpaired) electrons. The largest absolute Gasteiger partial charge is 0.461 e. The van der Waals surface area contributed by atoms with E-state index in [2.05, 4.69) is 112 Å². The van der Waals surface area contributed by atoms with E-state index in [1.807, 2.05) is 140 Å². The molecule has 0 unspecified atom stereocenters. The molecule has 0 saturated carbocycles. The standard InChI is InChI=1S/C35H35NO8.C23H24O6.C21H4/c1-23(37)41-22-28-19-20-29(43-28)31(38)35(4,42-21-24-15-17-26(18-16-24)25-11-7-5-8-12-25)32(39)36-30(27-13-9-6-10-14-27)34(2,3)44-33(36)40;1-23(21(26)14-25,22(27)20-12-11-19(13-24)29-20)28-15-16-7-9-18(10-8-16)17-5-3-2-4-6-17;1-3-5-7-9-11-13-15-17-19-21-20-18-16-14-12-10-8-6-4-2/h5-20,30-31,38H,21-22H2,1-4H3;2-12,22,24-25,27H,13-15H2,1H3;1H,2H3/t30-,31-,35-;22-,23+;/m00./s1. The summed E-state index contributed by atoms with van der Waals surface area (Å²) in [6.45, 7) is 8.00. The molecule has 2 amide bonds. The molecule has 15 nitrogen and oxygen atoms in total. The molecule has 94 heavy (non-hydrogen) atoms. The van der Waals surface area contributed by atoms with Crippen molar-refractivity contribution < 1.29 is 67.4 Å². The van der Waals surface area contributed by atoms with Crippen molar-refractivity contribution in [1.82, 2.24) is 4.90 Å². The summed E-state index contributed by atoms with van der Waals surface area (Å²) in [5.74, 6) is 45.6. The van der Waals surface area contributed by atoms with Crippen LogP contribution in [0.15, 0.2) is 173 Å². The molecular formula is C79H63NO14. The lowest BCUT2D eigenvalue weighted by Gasteiger charge is -2.37. The maximum Gasteiger partial charge on any atom is 0.417 e. The Morgan fingerprint density at radius 3 is 1.35 bits per heavy atom. The third kappa shape index (κ3) is 20.6. The number of nitrogens with zero attached hydrogens (tertiary/aromatic N) is 1. The van der Waals surface area contributed by atoms with Crippen LogP contribution in [0.2, 0.25) is 0 Å². The average Bonchev–Trinajstić information content (AvgIpc) is 1.56. The van der Waals surface area contributed by atoms with Gasteiger partial charge < -0.3 is 48.2 Å². The van der Waals surface area contributed by atoms with Crippen LogP contribution in [0.3, 0.4) is 0 Å². The number of esters is 1. The fraction of sp³-hybridized carbons (Fsp3) is 0.215. The molecule has 5 atom stereocenters. The van der Waals surface area contributed by atoms with Gasteiger partial charge in [0.15, 0.2) is 17.0 Å². The number of terminal acetylenes is 1. The van der Waals surface area contributed by atoms with E-state index < -0.39 is 65.4 Å². The van der Waals surface area contributed by atoms with Crippen LogP contribution in [-0.2, 0) is 59.8 Å². The zero-order valence-electron chi connectivity index (χ0n) is 52.3. The Balaban J connectivity index is 0.000000242. The molecule has 15 heteroatoms. The first-order valence-corrected chi connectivity index (χ1v) is 28.9. The molecule has 7 aromatic rings. The van der Waals surface area contributed by atoms with Crippen molar-refractivity contribution in [3.8, 4) is 141 Å².